The van der Waals surface area contributed by atoms with Crippen molar-refractivity contribution in [1.82, 2.24) is 9.55 Å². The third-order valence-corrected chi connectivity index (χ3v) is 2.75. The lowest BCUT2D eigenvalue weighted by Gasteiger charge is -2.11. The average molecular weight is 252 g/mol. The summed E-state index contributed by atoms with van der Waals surface area (Å²) in [4.78, 5) is 4.13. The van der Waals surface area contributed by atoms with Gasteiger partial charge in [0.15, 0.2) is 0 Å². The number of nitrogens with two attached hydrogens (primary N) is 1. The van der Waals surface area contributed by atoms with Crippen LogP contribution < -0.4 is 10.5 Å². The minimum absolute atomic E-state index is 0.562. The number of halogens is 1. The van der Waals surface area contributed by atoms with Crippen molar-refractivity contribution in [3.05, 3.63) is 35.7 Å². The highest BCUT2D eigenvalue weighted by atomic mass is 35.5. The van der Waals surface area contributed by atoms with E-state index in [1.54, 1.807) is 25.7 Å². The number of hydrogen-bond donors (Lipinski definition) is 1. The summed E-state index contributed by atoms with van der Waals surface area (Å²) in [5, 5.41) is 0.668. The maximum Gasteiger partial charge on any atom is 0.128 e. The van der Waals surface area contributed by atoms with Crippen molar-refractivity contribution in [2.75, 3.05) is 13.7 Å². The van der Waals surface area contributed by atoms with Gasteiger partial charge in [-0.25, -0.2) is 4.98 Å². The molecule has 2 aromatic rings. The lowest BCUT2D eigenvalue weighted by atomic mass is 10.1. The fourth-order valence-electron chi connectivity index (χ4n) is 1.74. The first kappa shape index (κ1) is 12.0. The Labute approximate surface area is 105 Å². The summed E-state index contributed by atoms with van der Waals surface area (Å²) in [5.41, 5.74) is 7.44. The molecule has 90 valence electrons. The normalized spacial score (nSPS) is 10.5. The molecule has 1 aromatic carbocycles. The number of ether oxygens (including phenoxy) is 1. The van der Waals surface area contributed by atoms with Crippen molar-refractivity contribution in [2.45, 2.75) is 6.54 Å². The number of methoxy groups -OCH3 is 1. The van der Waals surface area contributed by atoms with Gasteiger partial charge in [0, 0.05) is 23.7 Å². The van der Waals surface area contributed by atoms with Gasteiger partial charge in [-0.1, -0.05) is 11.6 Å². The second kappa shape index (κ2) is 5.21. The van der Waals surface area contributed by atoms with Crippen molar-refractivity contribution in [2.24, 2.45) is 5.73 Å². The molecule has 2 N–H and O–H groups in total. The average Bonchev–Trinajstić information content (AvgIpc) is 2.77. The van der Waals surface area contributed by atoms with Crippen molar-refractivity contribution in [3.8, 4) is 17.0 Å². The third kappa shape index (κ3) is 2.43. The first-order valence-corrected chi connectivity index (χ1v) is 5.68. The van der Waals surface area contributed by atoms with Crippen LogP contribution in [0.2, 0.25) is 5.02 Å². The van der Waals surface area contributed by atoms with E-state index in [4.69, 9.17) is 22.1 Å². The van der Waals surface area contributed by atoms with Gasteiger partial charge in [0.1, 0.15) is 5.75 Å². The van der Waals surface area contributed by atoms with Crippen molar-refractivity contribution >= 4 is 11.6 Å². The molecule has 17 heavy (non-hydrogen) atoms. The predicted octanol–water partition coefficient (Wildman–Crippen LogP) is 2.17. The minimum Gasteiger partial charge on any atom is -0.496 e. The lowest BCUT2D eigenvalue weighted by Crippen LogP contribution is -2.10. The van der Waals surface area contributed by atoms with Crippen LogP contribution in [-0.4, -0.2) is 23.2 Å². The predicted molar refractivity (Wildman–Crippen MR) is 68.3 cm³/mol. The van der Waals surface area contributed by atoms with Gasteiger partial charge in [-0.3, -0.25) is 0 Å². The Morgan fingerprint density at radius 3 is 3.00 bits per heavy atom. The molecular formula is C12H14ClN3O. The molecule has 5 heteroatoms. The van der Waals surface area contributed by atoms with Gasteiger partial charge in [0.05, 0.1) is 25.3 Å². The Balaban J connectivity index is 2.51. The highest BCUT2D eigenvalue weighted by Gasteiger charge is 2.10. The number of aromatic nitrogens is 2. The molecule has 0 atom stereocenters. The Morgan fingerprint density at radius 2 is 2.29 bits per heavy atom. The molecule has 0 radical (unpaired) electrons. The molecule has 0 aliphatic heterocycles. The fraction of sp³-hybridized carbons (Fsp3) is 0.250. The summed E-state index contributed by atoms with van der Waals surface area (Å²) in [6.45, 7) is 1.28. The molecule has 2 rings (SSSR count). The Kier molecular flexibility index (Phi) is 3.66. The molecule has 0 amide bonds. The van der Waals surface area contributed by atoms with E-state index in [-0.39, 0.29) is 0 Å². The van der Waals surface area contributed by atoms with Crippen LogP contribution in [0.1, 0.15) is 0 Å². The molecule has 4 nitrogen and oxygen atoms in total. The van der Waals surface area contributed by atoms with Crippen LogP contribution in [-0.2, 0) is 6.54 Å². The molecule has 0 bridgehead atoms. The highest BCUT2D eigenvalue weighted by Crippen LogP contribution is 2.32. The van der Waals surface area contributed by atoms with Gasteiger partial charge in [0.2, 0.25) is 0 Å². The molecular weight excluding hydrogens is 238 g/mol. The molecule has 0 saturated carbocycles. The first-order chi connectivity index (χ1) is 8.26. The van der Waals surface area contributed by atoms with Crippen LogP contribution >= 0.6 is 11.6 Å². The Hall–Kier alpha value is -1.52. The monoisotopic (exact) mass is 251 g/mol. The summed E-state index contributed by atoms with van der Waals surface area (Å²) in [6, 6.07) is 5.51. The van der Waals surface area contributed by atoms with Gasteiger partial charge in [-0.15, -0.1) is 0 Å². The SMILES string of the molecule is COc1ccc(Cl)cc1-c1cncn1CCN. The van der Waals surface area contributed by atoms with Gasteiger partial charge in [-0.05, 0) is 18.2 Å². The van der Waals surface area contributed by atoms with E-state index < -0.39 is 0 Å². The van der Waals surface area contributed by atoms with E-state index in [0.717, 1.165) is 17.0 Å². The van der Waals surface area contributed by atoms with Crippen LogP contribution in [0, 0.1) is 0 Å². The third-order valence-electron chi connectivity index (χ3n) is 2.52. The molecule has 0 aliphatic carbocycles. The smallest absolute Gasteiger partial charge is 0.128 e. The lowest BCUT2D eigenvalue weighted by molar-refractivity contribution is 0.416. The molecule has 1 heterocycles. The quantitative estimate of drug-likeness (QED) is 0.906. The molecule has 0 fully saturated rings. The van der Waals surface area contributed by atoms with Gasteiger partial charge < -0.3 is 15.0 Å². The summed E-state index contributed by atoms with van der Waals surface area (Å²) in [7, 11) is 1.64. The topological polar surface area (TPSA) is 53.1 Å². The summed E-state index contributed by atoms with van der Waals surface area (Å²) in [6.07, 6.45) is 3.53. The second-order valence-corrected chi connectivity index (χ2v) is 4.04. The maximum atomic E-state index is 6.01. The van der Waals surface area contributed by atoms with Crippen LogP contribution in [0.4, 0.5) is 0 Å². The number of benzene rings is 1. The van der Waals surface area contributed by atoms with Crippen molar-refractivity contribution < 1.29 is 4.74 Å². The molecule has 1 aromatic heterocycles. The van der Waals surface area contributed by atoms with E-state index in [1.807, 2.05) is 16.7 Å². The fourth-order valence-corrected chi connectivity index (χ4v) is 1.91. The van der Waals surface area contributed by atoms with Crippen LogP contribution in [0.3, 0.4) is 0 Å². The van der Waals surface area contributed by atoms with Crippen LogP contribution in [0.15, 0.2) is 30.7 Å². The zero-order valence-electron chi connectivity index (χ0n) is 9.56. The molecule has 0 aliphatic rings. The number of rotatable bonds is 4. The standard InChI is InChI=1S/C12H14ClN3O/c1-17-12-3-2-9(13)6-10(12)11-7-15-8-16(11)5-4-14/h2-3,6-8H,4-5,14H2,1H3. The Morgan fingerprint density at radius 1 is 1.47 bits per heavy atom. The molecule has 0 saturated heterocycles. The highest BCUT2D eigenvalue weighted by molar-refractivity contribution is 6.30. The molecule has 0 unspecified atom stereocenters. The van der Waals surface area contributed by atoms with Crippen molar-refractivity contribution in [3.63, 3.8) is 0 Å². The van der Waals surface area contributed by atoms with Crippen LogP contribution in [0.5, 0.6) is 5.75 Å². The van der Waals surface area contributed by atoms with E-state index >= 15 is 0 Å². The van der Waals surface area contributed by atoms with E-state index in [2.05, 4.69) is 4.98 Å². The zero-order chi connectivity index (χ0) is 12.3. The van der Waals surface area contributed by atoms with Gasteiger partial charge in [0.25, 0.3) is 0 Å². The summed E-state index contributed by atoms with van der Waals surface area (Å²) < 4.78 is 7.31. The number of hydrogen-bond acceptors (Lipinski definition) is 3. The Bertz CT molecular complexity index is 510. The largest absolute Gasteiger partial charge is 0.496 e. The zero-order valence-corrected chi connectivity index (χ0v) is 10.3. The van der Waals surface area contributed by atoms with E-state index in [9.17, 15) is 0 Å². The van der Waals surface area contributed by atoms with Gasteiger partial charge in [-0.2, -0.15) is 0 Å². The van der Waals surface area contributed by atoms with E-state index in [1.165, 1.54) is 0 Å². The van der Waals surface area contributed by atoms with Crippen molar-refractivity contribution in [1.29, 1.82) is 0 Å². The van der Waals surface area contributed by atoms with Gasteiger partial charge >= 0.3 is 0 Å². The maximum absolute atomic E-state index is 6.01. The summed E-state index contributed by atoms with van der Waals surface area (Å²) in [5.74, 6) is 0.771. The van der Waals surface area contributed by atoms with E-state index in [0.29, 0.717) is 18.1 Å². The minimum atomic E-state index is 0.562. The number of imidazole rings is 1. The summed E-state index contributed by atoms with van der Waals surface area (Å²) >= 11 is 6.01. The second-order valence-electron chi connectivity index (χ2n) is 3.61. The molecule has 0 spiro atoms. The first-order valence-electron chi connectivity index (χ1n) is 5.30. The van der Waals surface area contributed by atoms with Crippen LogP contribution in [0.25, 0.3) is 11.3 Å². The number of nitrogens with zero attached hydrogens (tertiary/aromatic N) is 2.